The van der Waals surface area contributed by atoms with Crippen LogP contribution in [-0.2, 0) is 23.9 Å². The van der Waals surface area contributed by atoms with Crippen LogP contribution in [0.4, 0.5) is 4.79 Å². The van der Waals surface area contributed by atoms with Crippen LogP contribution in [0.1, 0.15) is 35.5 Å². The van der Waals surface area contributed by atoms with Crippen LogP contribution in [-0.4, -0.2) is 60.8 Å². The molecule has 12 heteroatoms. The molecular weight excluding hydrogens is 558 g/mol. The molecule has 1 unspecified atom stereocenters. The Labute approximate surface area is 247 Å². The summed E-state index contributed by atoms with van der Waals surface area (Å²) in [5.41, 5.74) is 1.86. The minimum atomic E-state index is -0.798. The number of benzene rings is 1. The van der Waals surface area contributed by atoms with Gasteiger partial charge in [-0.05, 0) is 37.1 Å². The zero-order valence-electron chi connectivity index (χ0n) is 23.4. The molecule has 2 aliphatic rings. The molecule has 216 valence electrons. The van der Waals surface area contributed by atoms with Gasteiger partial charge in [0.1, 0.15) is 29.3 Å². The van der Waals surface area contributed by atoms with Crippen molar-refractivity contribution in [3.63, 3.8) is 0 Å². The zero-order valence-corrected chi connectivity index (χ0v) is 24.2. The second kappa shape index (κ2) is 11.1. The predicted octanol–water partition coefficient (Wildman–Crippen LogP) is 4.24. The summed E-state index contributed by atoms with van der Waals surface area (Å²) in [4.78, 5) is 40.4. The summed E-state index contributed by atoms with van der Waals surface area (Å²) < 4.78 is 13.2. The summed E-state index contributed by atoms with van der Waals surface area (Å²) in [6, 6.07) is 16.4. The summed E-state index contributed by atoms with van der Waals surface area (Å²) >= 11 is 6.35. The van der Waals surface area contributed by atoms with Gasteiger partial charge in [0.2, 0.25) is 5.88 Å². The molecule has 0 bridgehead atoms. The van der Waals surface area contributed by atoms with Crippen molar-refractivity contribution in [2.45, 2.75) is 32.1 Å². The topological polar surface area (TPSA) is 124 Å². The minimum absolute atomic E-state index is 0.0698. The number of carbonyl (C=O) groups excluding carboxylic acids is 2. The fourth-order valence-corrected chi connectivity index (χ4v) is 5.50. The molecule has 2 fully saturated rings. The van der Waals surface area contributed by atoms with Gasteiger partial charge in [0, 0.05) is 56.5 Å². The van der Waals surface area contributed by atoms with E-state index in [-0.39, 0.29) is 35.6 Å². The van der Waals surface area contributed by atoms with Crippen molar-refractivity contribution < 1.29 is 19.1 Å². The van der Waals surface area contributed by atoms with E-state index in [9.17, 15) is 9.59 Å². The van der Waals surface area contributed by atoms with Crippen LogP contribution < -0.4 is 10.1 Å². The lowest BCUT2D eigenvalue weighted by Gasteiger charge is -2.27. The average Bonchev–Trinajstić information content (AvgIpc) is 3.28. The molecule has 3 atom stereocenters. The molecule has 4 aromatic rings. The van der Waals surface area contributed by atoms with Gasteiger partial charge >= 0.3 is 6.09 Å². The smallest absolute Gasteiger partial charge is 0.408 e. The molecule has 11 nitrogen and oxygen atoms in total. The van der Waals surface area contributed by atoms with Gasteiger partial charge in [-0.3, -0.25) is 9.48 Å². The Bertz CT molecular complexity index is 1600. The molecule has 0 spiro atoms. The largest absolute Gasteiger partial charge is 0.474 e. The Morgan fingerprint density at radius 2 is 1.76 bits per heavy atom. The van der Waals surface area contributed by atoms with E-state index in [1.54, 1.807) is 48.4 Å². The quantitative estimate of drug-likeness (QED) is 0.304. The molecular formula is C30H30ClN7O4. The molecule has 1 aliphatic heterocycles. The third-order valence-electron chi connectivity index (χ3n) is 7.67. The first-order chi connectivity index (χ1) is 20.2. The molecule has 0 radical (unpaired) electrons. The Balaban J connectivity index is 1.05. The molecule has 1 aliphatic carbocycles. The van der Waals surface area contributed by atoms with Gasteiger partial charge in [-0.1, -0.05) is 41.9 Å². The maximum absolute atomic E-state index is 13.3. The number of pyridine rings is 1. The number of likely N-dealkylation sites (tertiary alicyclic amines) is 1. The first kappa shape index (κ1) is 27.6. The van der Waals surface area contributed by atoms with Crippen molar-refractivity contribution in [2.24, 2.45) is 18.9 Å². The second-order valence-electron chi connectivity index (χ2n) is 11.1. The number of piperidine rings is 1. The third kappa shape index (κ3) is 5.78. The van der Waals surface area contributed by atoms with E-state index in [0.717, 1.165) is 11.1 Å². The highest BCUT2D eigenvalue weighted by Gasteiger charge is 2.59. The number of hydrogen-bond acceptors (Lipinski definition) is 8. The van der Waals surface area contributed by atoms with E-state index >= 15 is 0 Å². The maximum atomic E-state index is 13.3. The van der Waals surface area contributed by atoms with Crippen LogP contribution >= 0.6 is 11.6 Å². The average molecular weight is 588 g/mol. The molecule has 1 aromatic carbocycles. The van der Waals surface area contributed by atoms with Crippen molar-refractivity contribution >= 4 is 23.6 Å². The van der Waals surface area contributed by atoms with Crippen LogP contribution in [0, 0.1) is 11.8 Å². The van der Waals surface area contributed by atoms with Crippen molar-refractivity contribution in [1.29, 1.82) is 0 Å². The van der Waals surface area contributed by atoms with Gasteiger partial charge in [-0.2, -0.15) is 5.10 Å². The number of fused-ring (bicyclic) bond motifs is 1. The lowest BCUT2D eigenvalue weighted by Crippen LogP contribution is -2.41. The number of rotatable bonds is 8. The molecule has 2 amide bonds. The monoisotopic (exact) mass is 587 g/mol. The van der Waals surface area contributed by atoms with Crippen LogP contribution in [0.2, 0.25) is 5.15 Å². The van der Waals surface area contributed by atoms with E-state index < -0.39 is 11.6 Å². The van der Waals surface area contributed by atoms with Crippen molar-refractivity contribution in [3.8, 4) is 17.4 Å². The van der Waals surface area contributed by atoms with E-state index in [4.69, 9.17) is 21.1 Å². The molecule has 3 aromatic heterocycles. The summed E-state index contributed by atoms with van der Waals surface area (Å²) in [6.07, 6.45) is 2.67. The van der Waals surface area contributed by atoms with Gasteiger partial charge in [0.25, 0.3) is 5.91 Å². The predicted molar refractivity (Wildman–Crippen MR) is 154 cm³/mol. The summed E-state index contributed by atoms with van der Waals surface area (Å²) in [7, 11) is 1.74. The normalized spacial score (nSPS) is 19.2. The first-order valence-corrected chi connectivity index (χ1v) is 14.0. The van der Waals surface area contributed by atoms with Crippen LogP contribution in [0.25, 0.3) is 11.5 Å². The van der Waals surface area contributed by atoms with E-state index in [2.05, 4.69) is 25.4 Å². The first-order valence-electron chi connectivity index (χ1n) is 13.6. The maximum Gasteiger partial charge on any atom is 0.408 e. The number of nitrogens with zero attached hydrogens (tertiary/aromatic N) is 6. The standard InChI is InChI=1S/C30H30ClN7O4/c1-30(2,35-29(40)41-17-18-8-5-4-6-9-18)19-12-24(31)34-25(13-19)42-26-20-15-38(16-21(20)26)28(39)23-14-22(36-37(23)3)27-32-10-7-11-33-27/h4-14,20-21,26H,15-17H2,1-3H3,(H,35,40)/t20-,21+,26?. The molecule has 6 rings (SSSR count). The van der Waals surface area contributed by atoms with Gasteiger partial charge in [-0.25, -0.2) is 19.7 Å². The zero-order chi connectivity index (χ0) is 29.4. The van der Waals surface area contributed by atoms with E-state index in [1.165, 1.54) is 0 Å². The molecule has 1 saturated carbocycles. The van der Waals surface area contributed by atoms with Gasteiger partial charge < -0.3 is 19.7 Å². The SMILES string of the molecule is Cn1nc(-c2ncccn2)cc1C(=O)N1C[C@@H]2C(Oc3cc(C(C)(C)NC(=O)OCc4ccccc4)cc(Cl)n3)[C@@H]2C1. The Kier molecular flexibility index (Phi) is 7.28. The lowest BCUT2D eigenvalue weighted by molar-refractivity contribution is 0.0740. The summed E-state index contributed by atoms with van der Waals surface area (Å²) in [5, 5.41) is 7.57. The second-order valence-corrected chi connectivity index (χ2v) is 11.4. The molecule has 1 saturated heterocycles. The van der Waals surface area contributed by atoms with Crippen molar-refractivity contribution in [3.05, 3.63) is 89.0 Å². The molecule has 4 heterocycles. The number of alkyl carbamates (subject to hydrolysis) is 1. The van der Waals surface area contributed by atoms with Crippen LogP contribution in [0.15, 0.2) is 67.0 Å². The highest BCUT2D eigenvalue weighted by atomic mass is 35.5. The number of carbonyl (C=O) groups is 2. The fraction of sp³-hybridized carbons (Fsp3) is 0.333. The fourth-order valence-electron chi connectivity index (χ4n) is 5.30. The molecule has 1 N–H and O–H groups in total. The number of aromatic nitrogens is 5. The number of amides is 2. The van der Waals surface area contributed by atoms with Crippen molar-refractivity contribution in [2.75, 3.05) is 13.1 Å². The highest BCUT2D eigenvalue weighted by molar-refractivity contribution is 6.29. The molecule has 42 heavy (non-hydrogen) atoms. The third-order valence-corrected chi connectivity index (χ3v) is 7.87. The Morgan fingerprint density at radius 1 is 1.05 bits per heavy atom. The number of aryl methyl sites for hydroxylation is 1. The number of nitrogens with one attached hydrogen (secondary N) is 1. The van der Waals surface area contributed by atoms with Gasteiger partial charge in [0.15, 0.2) is 5.82 Å². The lowest BCUT2D eigenvalue weighted by atomic mass is 9.95. The van der Waals surface area contributed by atoms with E-state index in [0.29, 0.717) is 36.2 Å². The Morgan fingerprint density at radius 3 is 2.48 bits per heavy atom. The summed E-state index contributed by atoms with van der Waals surface area (Å²) in [5.74, 6) is 1.15. The van der Waals surface area contributed by atoms with Crippen LogP contribution in [0.3, 0.4) is 0 Å². The highest BCUT2D eigenvalue weighted by Crippen LogP contribution is 2.48. The van der Waals surface area contributed by atoms with Gasteiger partial charge in [-0.15, -0.1) is 0 Å². The number of hydrogen-bond donors (Lipinski definition) is 1. The Hall–Kier alpha value is -4.51. The van der Waals surface area contributed by atoms with Crippen LogP contribution in [0.5, 0.6) is 5.88 Å². The minimum Gasteiger partial charge on any atom is -0.474 e. The van der Waals surface area contributed by atoms with E-state index in [1.807, 2.05) is 49.1 Å². The number of halogens is 1. The number of ether oxygens (including phenoxy) is 2. The summed E-state index contributed by atoms with van der Waals surface area (Å²) in [6.45, 7) is 5.03. The van der Waals surface area contributed by atoms with Crippen molar-refractivity contribution in [1.82, 2.24) is 34.9 Å². The van der Waals surface area contributed by atoms with Gasteiger partial charge in [0.05, 0.1) is 5.54 Å².